The molecule has 0 aliphatic carbocycles. The second-order valence-corrected chi connectivity index (χ2v) is 7.15. The van der Waals surface area contributed by atoms with Gasteiger partial charge in [-0.25, -0.2) is 4.79 Å². The number of nitrogens with zero attached hydrogens (tertiary/aromatic N) is 3. The Bertz CT molecular complexity index is 490. The molecule has 0 saturated carbocycles. The highest BCUT2D eigenvalue weighted by Gasteiger charge is 2.33. The Morgan fingerprint density at radius 2 is 2.14 bits per heavy atom. The number of carbonyl (C=O) groups excluding carboxylic acids is 1. The van der Waals surface area contributed by atoms with Crippen LogP contribution >= 0.6 is 0 Å². The number of hydrogen-bond acceptors (Lipinski definition) is 3. The number of hydrogen-bond donors (Lipinski definition) is 0. The van der Waals surface area contributed by atoms with Gasteiger partial charge in [0.05, 0.1) is 18.3 Å². The zero-order valence-corrected chi connectivity index (χ0v) is 13.8. The molecule has 2 unspecified atom stereocenters. The summed E-state index contributed by atoms with van der Waals surface area (Å²) in [5.74, 6) is 0.521. The smallest absolute Gasteiger partial charge is 0.410 e. The quantitative estimate of drug-likeness (QED) is 0.841. The van der Waals surface area contributed by atoms with Crippen LogP contribution in [0.2, 0.25) is 0 Å². The van der Waals surface area contributed by atoms with Gasteiger partial charge in [-0.05, 0) is 52.5 Å². The van der Waals surface area contributed by atoms with E-state index in [1.165, 1.54) is 0 Å². The Balaban J connectivity index is 2.07. The fourth-order valence-electron chi connectivity index (χ4n) is 2.72. The molecule has 1 fully saturated rings. The predicted octanol–water partition coefficient (Wildman–Crippen LogP) is 3.23. The second-order valence-electron chi connectivity index (χ2n) is 7.15. The number of aromatic nitrogens is 2. The van der Waals surface area contributed by atoms with E-state index in [-0.39, 0.29) is 12.1 Å². The molecular weight excluding hydrogens is 266 g/mol. The van der Waals surface area contributed by atoms with Crippen molar-refractivity contribution < 1.29 is 9.53 Å². The molecule has 1 saturated heterocycles. The van der Waals surface area contributed by atoms with Gasteiger partial charge in [0.1, 0.15) is 5.60 Å². The molecule has 5 nitrogen and oxygen atoms in total. The van der Waals surface area contributed by atoms with E-state index in [4.69, 9.17) is 4.74 Å². The average molecular weight is 293 g/mol. The number of ether oxygens (including phenoxy) is 1. The molecule has 0 N–H and O–H groups in total. The number of carbonyl (C=O) groups is 1. The molecule has 118 valence electrons. The summed E-state index contributed by atoms with van der Waals surface area (Å²) >= 11 is 0. The van der Waals surface area contributed by atoms with E-state index in [0.717, 1.165) is 31.6 Å². The van der Waals surface area contributed by atoms with Crippen molar-refractivity contribution in [2.75, 3.05) is 6.54 Å². The molecule has 1 aromatic heterocycles. The van der Waals surface area contributed by atoms with Crippen molar-refractivity contribution in [3.8, 4) is 0 Å². The second kappa shape index (κ2) is 6.08. The largest absolute Gasteiger partial charge is 0.444 e. The first kappa shape index (κ1) is 15.9. The van der Waals surface area contributed by atoms with Crippen LogP contribution in [0.4, 0.5) is 4.79 Å². The Labute approximate surface area is 127 Å². The van der Waals surface area contributed by atoms with Gasteiger partial charge in [-0.3, -0.25) is 4.68 Å². The number of aryl methyl sites for hydroxylation is 1. The minimum absolute atomic E-state index is 0.162. The minimum atomic E-state index is -0.454. The van der Waals surface area contributed by atoms with Crippen LogP contribution in [-0.4, -0.2) is 39.0 Å². The lowest BCUT2D eigenvalue weighted by Gasteiger charge is -2.39. The van der Waals surface area contributed by atoms with Crippen molar-refractivity contribution in [1.29, 1.82) is 0 Å². The van der Waals surface area contributed by atoms with Crippen LogP contribution in [0, 0.1) is 12.8 Å². The van der Waals surface area contributed by atoms with Crippen LogP contribution in [0.1, 0.15) is 46.2 Å². The summed E-state index contributed by atoms with van der Waals surface area (Å²) in [7, 11) is 0. The average Bonchev–Trinajstić information content (AvgIpc) is 2.75. The highest BCUT2D eigenvalue weighted by molar-refractivity contribution is 5.68. The summed E-state index contributed by atoms with van der Waals surface area (Å²) in [4.78, 5) is 14.3. The molecule has 2 rings (SSSR count). The van der Waals surface area contributed by atoms with E-state index in [9.17, 15) is 4.79 Å². The molecule has 1 amide bonds. The normalized spacial score (nSPS) is 23.2. The van der Waals surface area contributed by atoms with Gasteiger partial charge in [-0.2, -0.15) is 5.10 Å². The summed E-state index contributed by atoms with van der Waals surface area (Å²) in [6.07, 6.45) is 3.91. The van der Waals surface area contributed by atoms with Crippen molar-refractivity contribution >= 4 is 6.09 Å². The lowest BCUT2D eigenvalue weighted by molar-refractivity contribution is 0.00128. The van der Waals surface area contributed by atoms with Crippen molar-refractivity contribution in [2.45, 2.75) is 65.6 Å². The van der Waals surface area contributed by atoms with Gasteiger partial charge in [-0.15, -0.1) is 0 Å². The summed E-state index contributed by atoms with van der Waals surface area (Å²) < 4.78 is 7.48. The lowest BCUT2D eigenvalue weighted by Crippen LogP contribution is -2.50. The highest BCUT2D eigenvalue weighted by Crippen LogP contribution is 2.25. The Morgan fingerprint density at radius 1 is 1.43 bits per heavy atom. The van der Waals surface area contributed by atoms with E-state index >= 15 is 0 Å². The summed E-state index contributed by atoms with van der Waals surface area (Å²) in [5.41, 5.74) is 0.549. The van der Waals surface area contributed by atoms with Crippen molar-refractivity contribution in [3.63, 3.8) is 0 Å². The lowest BCUT2D eigenvalue weighted by atomic mass is 9.94. The zero-order valence-electron chi connectivity index (χ0n) is 13.8. The Morgan fingerprint density at radius 3 is 2.71 bits per heavy atom. The molecule has 0 spiro atoms. The van der Waals surface area contributed by atoms with Crippen LogP contribution in [0.25, 0.3) is 0 Å². The first-order chi connectivity index (χ1) is 9.74. The molecule has 1 aliphatic heterocycles. The summed E-state index contributed by atoms with van der Waals surface area (Å²) in [6.45, 7) is 11.4. The highest BCUT2D eigenvalue weighted by atomic mass is 16.6. The molecule has 0 aromatic carbocycles. The molecule has 1 aromatic rings. The van der Waals surface area contributed by atoms with Gasteiger partial charge in [0, 0.05) is 12.7 Å². The van der Waals surface area contributed by atoms with Crippen molar-refractivity contribution in [2.24, 2.45) is 5.92 Å². The molecule has 1 aliphatic rings. The molecule has 5 heteroatoms. The monoisotopic (exact) mass is 293 g/mol. The summed E-state index contributed by atoms with van der Waals surface area (Å²) in [6, 6.07) is 2.15. The topological polar surface area (TPSA) is 47.4 Å². The molecule has 0 radical (unpaired) electrons. The van der Waals surface area contributed by atoms with Crippen LogP contribution in [-0.2, 0) is 11.3 Å². The number of likely N-dealkylation sites (tertiary alicyclic amines) is 1. The number of rotatable bonds is 2. The van der Waals surface area contributed by atoms with Gasteiger partial charge in [0.2, 0.25) is 0 Å². The van der Waals surface area contributed by atoms with E-state index in [2.05, 4.69) is 12.0 Å². The van der Waals surface area contributed by atoms with Gasteiger partial charge >= 0.3 is 6.09 Å². The fraction of sp³-hybridized carbons (Fsp3) is 0.750. The van der Waals surface area contributed by atoms with E-state index in [1.807, 2.05) is 49.5 Å². The first-order valence-electron chi connectivity index (χ1n) is 7.74. The minimum Gasteiger partial charge on any atom is -0.444 e. The van der Waals surface area contributed by atoms with Gasteiger partial charge < -0.3 is 9.64 Å². The molecule has 0 bridgehead atoms. The standard InChI is InChI=1S/C16H27N3O2/c1-12-6-7-14(11-18-9-8-13(2)17-18)19(10-12)15(20)21-16(3,4)5/h8-9,12,14H,6-7,10-11H2,1-5H3. The number of amides is 1. The van der Waals surface area contributed by atoms with Crippen LogP contribution < -0.4 is 0 Å². The maximum atomic E-state index is 12.4. The van der Waals surface area contributed by atoms with Gasteiger partial charge in [0.15, 0.2) is 0 Å². The number of piperidine rings is 1. The van der Waals surface area contributed by atoms with Crippen LogP contribution in [0.5, 0.6) is 0 Å². The van der Waals surface area contributed by atoms with Gasteiger partial charge in [-0.1, -0.05) is 6.92 Å². The first-order valence-corrected chi connectivity index (χ1v) is 7.74. The fourth-order valence-corrected chi connectivity index (χ4v) is 2.72. The van der Waals surface area contributed by atoms with E-state index in [1.54, 1.807) is 0 Å². The predicted molar refractivity (Wildman–Crippen MR) is 82.1 cm³/mol. The molecular formula is C16H27N3O2. The molecule has 2 heterocycles. The Hall–Kier alpha value is -1.52. The SMILES string of the molecule is Cc1ccn(CC2CCC(C)CN2C(=O)OC(C)(C)C)n1. The molecule has 2 atom stereocenters. The van der Waals surface area contributed by atoms with E-state index < -0.39 is 5.60 Å². The van der Waals surface area contributed by atoms with Gasteiger partial charge in [0.25, 0.3) is 0 Å². The van der Waals surface area contributed by atoms with Crippen molar-refractivity contribution in [3.05, 3.63) is 18.0 Å². The van der Waals surface area contributed by atoms with E-state index in [0.29, 0.717) is 5.92 Å². The maximum absolute atomic E-state index is 12.4. The molecule has 21 heavy (non-hydrogen) atoms. The third-order valence-electron chi connectivity index (χ3n) is 3.74. The third kappa shape index (κ3) is 4.48. The third-order valence-corrected chi connectivity index (χ3v) is 3.74. The zero-order chi connectivity index (χ0) is 15.6. The Kier molecular flexibility index (Phi) is 4.59. The van der Waals surface area contributed by atoms with Crippen LogP contribution in [0.3, 0.4) is 0 Å². The van der Waals surface area contributed by atoms with Crippen molar-refractivity contribution in [1.82, 2.24) is 14.7 Å². The maximum Gasteiger partial charge on any atom is 0.410 e. The summed E-state index contributed by atoms with van der Waals surface area (Å²) in [5, 5.41) is 4.43. The van der Waals surface area contributed by atoms with Crippen LogP contribution in [0.15, 0.2) is 12.3 Å².